The van der Waals surface area contributed by atoms with Crippen molar-refractivity contribution in [3.8, 4) is 10.4 Å². The Balaban J connectivity index is 0.643. The van der Waals surface area contributed by atoms with E-state index < -0.39 is 94.3 Å². The van der Waals surface area contributed by atoms with E-state index in [0.29, 0.717) is 81.3 Å². The molecule has 20 nitrogen and oxygen atoms in total. The van der Waals surface area contributed by atoms with Crippen molar-refractivity contribution in [2.75, 3.05) is 88.0 Å². The third-order valence-electron chi connectivity index (χ3n) is 21.3. The van der Waals surface area contributed by atoms with Crippen molar-refractivity contribution in [3.63, 3.8) is 0 Å². The number of halogens is 4. The number of amides is 5. The quantitative estimate of drug-likeness (QED) is 0.0226. The number of allylic oxidation sites excluding steroid dienone is 1. The van der Waals surface area contributed by atoms with Crippen LogP contribution in [0.1, 0.15) is 139 Å². The number of sulfonamides is 1. The third kappa shape index (κ3) is 20.4. The van der Waals surface area contributed by atoms with Crippen molar-refractivity contribution in [2.24, 2.45) is 22.7 Å². The van der Waals surface area contributed by atoms with Crippen molar-refractivity contribution in [2.45, 2.75) is 163 Å². The van der Waals surface area contributed by atoms with Gasteiger partial charge in [-0.05, 0) is 164 Å². The minimum atomic E-state index is -6.18. The minimum Gasteiger partial charge on any atom is -0.391 e. The molecule has 1 aliphatic carbocycles. The fourth-order valence-electron chi connectivity index (χ4n) is 15.3. The monoisotopic (exact) mass is 1570 g/mol. The highest BCUT2D eigenvalue weighted by atomic mass is 35.5. The van der Waals surface area contributed by atoms with Crippen LogP contribution in [0.15, 0.2) is 147 Å². The summed E-state index contributed by atoms with van der Waals surface area (Å²) in [5.74, 6) is -1.24. The first-order valence-corrected chi connectivity index (χ1v) is 42.0. The van der Waals surface area contributed by atoms with E-state index in [1.807, 2.05) is 106 Å². The van der Waals surface area contributed by atoms with Crippen LogP contribution < -0.4 is 25.6 Å². The molecule has 5 N–H and O–H groups in total. The highest BCUT2D eigenvalue weighted by Gasteiger charge is 2.49. The number of nitrogens with one attached hydrogen (secondary N) is 4. The maximum atomic E-state index is 14.6. The van der Waals surface area contributed by atoms with Crippen LogP contribution in [-0.2, 0) is 39.0 Å². The number of carbonyl (C=O) groups is 5. The number of alkyl halides is 3. The van der Waals surface area contributed by atoms with E-state index in [-0.39, 0.29) is 54.4 Å². The first-order valence-electron chi connectivity index (χ1n) is 36.8. The van der Waals surface area contributed by atoms with E-state index in [4.69, 9.17) is 11.6 Å². The molecule has 11 rings (SSSR count). The summed E-state index contributed by atoms with van der Waals surface area (Å²) in [5, 5.41) is 20.4. The second-order valence-corrected chi connectivity index (χ2v) is 37.0. The van der Waals surface area contributed by atoms with E-state index in [1.165, 1.54) is 45.5 Å². The molecule has 7 atom stereocenters. The Labute approximate surface area is 640 Å². The number of likely N-dealkylation sites (tertiary alicyclic amines) is 2. The Hall–Kier alpha value is -7.37. The predicted octanol–water partition coefficient (Wildman–Crippen LogP) is 12.6. The summed E-state index contributed by atoms with van der Waals surface area (Å²) in [4.78, 5) is 82.9. The smallest absolute Gasteiger partial charge is 0.391 e. The number of aryl methyl sites for hydroxylation is 1. The van der Waals surface area contributed by atoms with Gasteiger partial charge < -0.3 is 35.8 Å². The molecule has 0 bridgehead atoms. The molecule has 4 fully saturated rings. The molecule has 1 aromatic heterocycles. The van der Waals surface area contributed by atoms with Gasteiger partial charge in [-0.2, -0.15) is 13.2 Å². The lowest BCUT2D eigenvalue weighted by molar-refractivity contribution is -0.144. The van der Waals surface area contributed by atoms with E-state index in [9.17, 15) is 59.1 Å². The number of β-amino-alcohol motifs (C(OH)–C–C–N with tert-alkyl or cyclic N) is 1. The number of benzene rings is 5. The van der Waals surface area contributed by atoms with Gasteiger partial charge in [0, 0.05) is 124 Å². The number of anilines is 2. The number of thiazole rings is 1. The number of thioether (sulfide) groups is 1. The zero-order chi connectivity index (χ0) is 76.8. The molecule has 5 heterocycles. The summed E-state index contributed by atoms with van der Waals surface area (Å²) in [6.07, 6.45) is 4.43. The molecule has 0 saturated carbocycles. The van der Waals surface area contributed by atoms with Gasteiger partial charge in [0.1, 0.15) is 17.0 Å². The van der Waals surface area contributed by atoms with Crippen LogP contribution in [0.2, 0.25) is 5.02 Å². The Kier molecular flexibility index (Phi) is 25.8. The largest absolute Gasteiger partial charge is 0.501 e. The van der Waals surface area contributed by atoms with Crippen molar-refractivity contribution < 1.29 is 59.1 Å². The fraction of sp³-hybridized carbons (Fsp3) is 0.494. The Morgan fingerprint density at radius 3 is 2.09 bits per heavy atom. The zero-order valence-electron chi connectivity index (χ0n) is 61.7. The maximum Gasteiger partial charge on any atom is 0.501 e. The SMILES string of the molecule is Cc1ncsc1-c1ccc([C@H](C)NC(=O)[C@@H]2C[C@@H](O)CN2C(=O)[C@@H](NC(=O)CCCCCC(=O)N2CCN(CC[C@H](CSc3ccccc3)Nc3ccc(S(=O)(=O)NC(=O)c4ccc(N5CC6CN(CC7=C(c8ccc(Cl)cc8)CCC(C)(C)C7)C[C@@H]6C5)cc4)cc3S(=O)(=O)C(F)(F)F)CC2)C(C)(C)C)cc1. The number of aliphatic hydroxyl groups is 1. The van der Waals surface area contributed by atoms with Crippen LogP contribution in [0.4, 0.5) is 24.5 Å². The standard InChI is InChI=1S/C79H98ClF3N10O10S4/c1-51(53-18-20-55(21-19-53)72-52(2)84-50-105-72)85-75(98)68-40-63(94)48-93(68)76(99)73(77(3,4)5)87-70(95)16-12-9-13-17-71(96)91-38-36-89(37-39-91)35-33-61(49-104-64-14-10-8-11-15-64)86-67-31-30-65(41-69(67)106(100,101)79(81,82)83)107(102,103)88-74(97)56-24-28-62(29-25-56)92-46-58-44-90(45-59(58)47-92)43-57-42-78(6,7)34-32-66(57)54-22-26-60(80)27-23-54/h8,10-11,14-15,18-31,41,50-51,58-59,61,63,68,73,86,94H,9,12-13,16-17,32-40,42-49H2,1-7H3,(H,85,98)(H,87,95)(H,88,97)/t51-,58+,59?,61+,63+,68-,73+/m0/s1. The molecular weight excluding hydrogens is 1470 g/mol. The van der Waals surface area contributed by atoms with Crippen LogP contribution in [-0.4, -0.2) is 184 Å². The van der Waals surface area contributed by atoms with Gasteiger partial charge >= 0.3 is 5.51 Å². The van der Waals surface area contributed by atoms with Gasteiger partial charge in [0.25, 0.3) is 25.8 Å². The van der Waals surface area contributed by atoms with Gasteiger partial charge in [-0.25, -0.2) is 26.5 Å². The Bertz CT molecular complexity index is 4410. The van der Waals surface area contributed by atoms with Crippen molar-refractivity contribution in [1.82, 2.24) is 39.9 Å². The summed E-state index contributed by atoms with van der Waals surface area (Å²) < 4.78 is 101. The van der Waals surface area contributed by atoms with Gasteiger partial charge in [0.05, 0.1) is 38.8 Å². The molecule has 576 valence electrons. The number of rotatable bonds is 28. The summed E-state index contributed by atoms with van der Waals surface area (Å²) in [7, 11) is -11.1. The normalized spacial score (nSPS) is 20.4. The number of fused-ring (bicyclic) bond motifs is 1. The lowest BCUT2D eigenvalue weighted by Gasteiger charge is -2.35. The number of carbonyl (C=O) groups excluding carboxylic acids is 5. The molecule has 6 aromatic rings. The maximum absolute atomic E-state index is 14.6. The van der Waals surface area contributed by atoms with Gasteiger partial charge in [0.15, 0.2) is 0 Å². The van der Waals surface area contributed by atoms with Gasteiger partial charge in [-0.15, -0.1) is 23.1 Å². The van der Waals surface area contributed by atoms with Gasteiger partial charge in [0.2, 0.25) is 23.6 Å². The molecule has 5 aromatic carbocycles. The van der Waals surface area contributed by atoms with E-state index in [1.54, 1.807) is 33.9 Å². The minimum absolute atomic E-state index is 0.0278. The van der Waals surface area contributed by atoms with E-state index in [2.05, 4.69) is 61.6 Å². The molecule has 4 saturated heterocycles. The van der Waals surface area contributed by atoms with Crippen molar-refractivity contribution in [1.29, 1.82) is 0 Å². The van der Waals surface area contributed by atoms with Crippen LogP contribution in [0, 0.1) is 29.6 Å². The number of aliphatic hydroxyl groups excluding tert-OH is 1. The molecule has 5 aliphatic rings. The summed E-state index contributed by atoms with van der Waals surface area (Å²) >= 11 is 9.19. The van der Waals surface area contributed by atoms with E-state index >= 15 is 0 Å². The zero-order valence-corrected chi connectivity index (χ0v) is 65.7. The molecule has 0 spiro atoms. The van der Waals surface area contributed by atoms with Crippen LogP contribution in [0.3, 0.4) is 0 Å². The second-order valence-electron chi connectivity index (χ2n) is 31.1. The number of hydrogen-bond donors (Lipinski definition) is 5. The molecule has 1 unspecified atom stereocenters. The Morgan fingerprint density at radius 1 is 0.785 bits per heavy atom. The molecule has 0 radical (unpaired) electrons. The molecular formula is C79H98ClF3N10O10S4. The number of piperazine rings is 1. The van der Waals surface area contributed by atoms with Crippen molar-refractivity contribution in [3.05, 3.63) is 160 Å². The summed E-state index contributed by atoms with van der Waals surface area (Å²) in [6.45, 7) is 20.4. The van der Waals surface area contributed by atoms with Gasteiger partial charge in [-0.3, -0.25) is 33.8 Å². The van der Waals surface area contributed by atoms with Crippen LogP contribution in [0.25, 0.3) is 16.0 Å². The fourth-order valence-corrected chi connectivity index (χ4v) is 19.3. The molecule has 4 aliphatic heterocycles. The number of unbranched alkanes of at least 4 members (excludes halogenated alkanes) is 2. The van der Waals surface area contributed by atoms with Crippen LogP contribution in [0.5, 0.6) is 0 Å². The second kappa shape index (κ2) is 34.3. The third-order valence-corrected chi connectivity index (χ3v) is 26.6. The van der Waals surface area contributed by atoms with Crippen molar-refractivity contribution >= 4 is 101 Å². The summed E-state index contributed by atoms with van der Waals surface area (Å²) in [5.41, 5.74) is 2.72. The molecule has 5 amide bonds. The number of hydrogen-bond acceptors (Lipinski definition) is 17. The lowest BCUT2D eigenvalue weighted by Crippen LogP contribution is -2.57. The lowest BCUT2D eigenvalue weighted by atomic mass is 9.73. The van der Waals surface area contributed by atoms with Gasteiger partial charge in [-0.1, -0.05) is 113 Å². The Morgan fingerprint density at radius 2 is 1.45 bits per heavy atom. The first-order chi connectivity index (χ1) is 50.7. The van der Waals surface area contributed by atoms with E-state index in [0.717, 1.165) is 96.4 Å². The highest BCUT2D eigenvalue weighted by Crippen LogP contribution is 2.45. The summed E-state index contributed by atoms with van der Waals surface area (Å²) in [6, 6.07) is 31.0. The average molecular weight is 1570 g/mol. The highest BCUT2D eigenvalue weighted by molar-refractivity contribution is 7.99. The number of sulfone groups is 1. The predicted molar refractivity (Wildman–Crippen MR) is 414 cm³/mol. The topological polar surface area (TPSA) is 251 Å². The number of aromatic nitrogens is 1. The average Bonchev–Trinajstić information content (AvgIpc) is 0.955. The van der Waals surface area contributed by atoms with Crippen LogP contribution >= 0.6 is 34.7 Å². The first kappa shape index (κ1) is 80.6. The molecule has 107 heavy (non-hydrogen) atoms. The molecule has 28 heteroatoms. The number of nitrogens with zero attached hydrogens (tertiary/aromatic N) is 6.